The Kier molecular flexibility index (Phi) is 9.30. The van der Waals surface area contributed by atoms with Gasteiger partial charge in [0.05, 0.1) is 42.7 Å². The van der Waals surface area contributed by atoms with Crippen molar-refractivity contribution in [2.24, 2.45) is 4.99 Å². The van der Waals surface area contributed by atoms with E-state index >= 15 is 0 Å². The molecule has 47 heavy (non-hydrogen) atoms. The van der Waals surface area contributed by atoms with E-state index in [-0.39, 0.29) is 30.2 Å². The molecule has 8 nitrogen and oxygen atoms in total. The molecule has 0 saturated heterocycles. The van der Waals surface area contributed by atoms with Gasteiger partial charge in [0.2, 0.25) is 0 Å². The molecule has 0 spiro atoms. The molecule has 0 unspecified atom stereocenters. The number of esters is 1. The Morgan fingerprint density at radius 2 is 1.68 bits per heavy atom. The summed E-state index contributed by atoms with van der Waals surface area (Å²) >= 11 is 1.22. The molecular weight excluding hydrogens is 619 g/mol. The van der Waals surface area contributed by atoms with Crippen molar-refractivity contribution in [2.45, 2.75) is 19.6 Å². The van der Waals surface area contributed by atoms with Gasteiger partial charge in [-0.2, -0.15) is 0 Å². The third-order valence-electron chi connectivity index (χ3n) is 7.63. The van der Waals surface area contributed by atoms with Crippen LogP contribution in [0.1, 0.15) is 35.2 Å². The average Bonchev–Trinajstić information content (AvgIpc) is 3.41. The number of carbonyl (C=O) groups is 1. The number of nitrogens with zero attached hydrogens (tertiary/aromatic N) is 2. The lowest BCUT2D eigenvalue weighted by Gasteiger charge is -2.26. The molecule has 0 fully saturated rings. The minimum atomic E-state index is -0.808. The fraction of sp³-hybridized carbons (Fsp3) is 0.162. The summed E-state index contributed by atoms with van der Waals surface area (Å²) < 4.78 is 38.4. The normalized spacial score (nSPS) is 14.3. The molecule has 10 heteroatoms. The zero-order chi connectivity index (χ0) is 32.9. The van der Waals surface area contributed by atoms with Crippen LogP contribution in [0.5, 0.6) is 17.2 Å². The second kappa shape index (κ2) is 13.9. The first-order valence-electron chi connectivity index (χ1n) is 14.9. The highest BCUT2D eigenvalue weighted by molar-refractivity contribution is 7.07. The van der Waals surface area contributed by atoms with Crippen molar-refractivity contribution in [3.63, 3.8) is 0 Å². The van der Waals surface area contributed by atoms with E-state index in [1.807, 2.05) is 42.5 Å². The number of thiazole rings is 1. The Balaban J connectivity index is 1.47. The quantitative estimate of drug-likeness (QED) is 0.181. The fourth-order valence-electron chi connectivity index (χ4n) is 5.36. The van der Waals surface area contributed by atoms with Crippen LogP contribution in [-0.4, -0.2) is 31.4 Å². The highest BCUT2D eigenvalue weighted by Crippen LogP contribution is 2.36. The third kappa shape index (κ3) is 6.45. The average molecular weight is 651 g/mol. The summed E-state index contributed by atoms with van der Waals surface area (Å²) in [6.45, 7) is 1.92. The van der Waals surface area contributed by atoms with Gasteiger partial charge >= 0.3 is 5.97 Å². The molecule has 0 N–H and O–H groups in total. The highest BCUT2D eigenvalue weighted by atomic mass is 32.1. The van der Waals surface area contributed by atoms with E-state index in [0.717, 1.165) is 5.56 Å². The van der Waals surface area contributed by atoms with E-state index in [1.165, 1.54) is 24.5 Å². The Hall–Kier alpha value is -5.48. The second-order valence-corrected chi connectivity index (χ2v) is 11.5. The van der Waals surface area contributed by atoms with Crippen LogP contribution in [0.4, 0.5) is 4.39 Å². The van der Waals surface area contributed by atoms with E-state index in [0.29, 0.717) is 49.0 Å². The number of hydrogen-bond donors (Lipinski definition) is 0. The molecule has 0 radical (unpaired) electrons. The Labute approximate surface area is 274 Å². The van der Waals surface area contributed by atoms with Gasteiger partial charge in [0.25, 0.3) is 5.56 Å². The minimum absolute atomic E-state index is 0.0267. The summed E-state index contributed by atoms with van der Waals surface area (Å²) in [7, 11) is 3.09. The molecule has 6 rings (SSSR count). The van der Waals surface area contributed by atoms with E-state index in [1.54, 1.807) is 73.2 Å². The number of halogens is 1. The summed E-state index contributed by atoms with van der Waals surface area (Å²) in [6, 6.07) is 27.5. The lowest BCUT2D eigenvalue weighted by Crippen LogP contribution is -2.40. The van der Waals surface area contributed by atoms with Crippen molar-refractivity contribution >= 4 is 29.1 Å². The van der Waals surface area contributed by atoms with Crippen LogP contribution in [0, 0.1) is 5.82 Å². The number of fused-ring (bicyclic) bond motifs is 1. The lowest BCUT2D eigenvalue weighted by atomic mass is 9.93. The summed E-state index contributed by atoms with van der Waals surface area (Å²) in [4.78, 5) is 33.2. The van der Waals surface area contributed by atoms with Crippen molar-refractivity contribution in [2.75, 3.05) is 20.8 Å². The van der Waals surface area contributed by atoms with E-state index in [2.05, 4.69) is 0 Å². The first-order valence-corrected chi connectivity index (χ1v) is 15.7. The first-order chi connectivity index (χ1) is 22.9. The van der Waals surface area contributed by atoms with Crippen molar-refractivity contribution < 1.29 is 28.1 Å². The Morgan fingerprint density at radius 1 is 0.936 bits per heavy atom. The molecule has 0 bridgehead atoms. The zero-order valence-electron chi connectivity index (χ0n) is 25.9. The van der Waals surface area contributed by atoms with Crippen LogP contribution < -0.4 is 29.1 Å². The Morgan fingerprint density at radius 3 is 2.38 bits per heavy atom. The molecule has 1 aliphatic rings. The maximum absolute atomic E-state index is 14.2. The standard InChI is InChI=1S/C37H31FN2O6S/c1-4-45-36(42)32-33(24-10-6-5-7-11-24)39-37-40(34(32)25-15-17-27(43-2)18-16-25)35(41)31(47-37)21-23-14-19-29(30(20-23)44-3)46-22-26-12-8-9-13-28(26)38/h5-21,34H,4,22H2,1-3H3/b31-21-/t34-/m1/s1. The summed E-state index contributed by atoms with van der Waals surface area (Å²) in [6.07, 6.45) is 1.74. The number of benzene rings is 4. The van der Waals surface area contributed by atoms with Crippen LogP contribution >= 0.6 is 11.3 Å². The molecule has 0 aliphatic carbocycles. The molecule has 2 heterocycles. The van der Waals surface area contributed by atoms with Gasteiger partial charge in [0, 0.05) is 11.1 Å². The van der Waals surface area contributed by atoms with Gasteiger partial charge < -0.3 is 18.9 Å². The maximum Gasteiger partial charge on any atom is 0.338 e. The molecule has 1 aromatic heterocycles. The van der Waals surface area contributed by atoms with Crippen molar-refractivity contribution in [1.82, 2.24) is 4.57 Å². The molecule has 238 valence electrons. The number of aromatic nitrogens is 1. The molecule has 1 atom stereocenters. The minimum Gasteiger partial charge on any atom is -0.497 e. The van der Waals surface area contributed by atoms with Gasteiger partial charge in [-0.05, 0) is 54.5 Å². The number of hydrogen-bond acceptors (Lipinski definition) is 8. The SMILES string of the molecule is CCOC(=O)C1=C(c2ccccc2)N=c2s/c(=C\c3ccc(OCc4ccccc4F)c(OC)c3)c(=O)n2[C@@H]1c1ccc(OC)cc1. The van der Waals surface area contributed by atoms with Gasteiger partial charge in [-0.15, -0.1) is 0 Å². The second-order valence-electron chi connectivity index (χ2n) is 10.5. The molecule has 1 aliphatic heterocycles. The zero-order valence-corrected chi connectivity index (χ0v) is 26.8. The van der Waals surface area contributed by atoms with Gasteiger partial charge in [0.1, 0.15) is 18.2 Å². The van der Waals surface area contributed by atoms with E-state index < -0.39 is 12.0 Å². The summed E-state index contributed by atoms with van der Waals surface area (Å²) in [5, 5.41) is 0. The third-order valence-corrected chi connectivity index (χ3v) is 8.61. The molecule has 0 saturated carbocycles. The Bertz CT molecular complexity index is 2140. The molecule has 0 amide bonds. The van der Waals surface area contributed by atoms with Gasteiger partial charge in [-0.3, -0.25) is 9.36 Å². The van der Waals surface area contributed by atoms with Gasteiger partial charge in [0.15, 0.2) is 16.3 Å². The van der Waals surface area contributed by atoms with Gasteiger partial charge in [-0.25, -0.2) is 14.2 Å². The smallest absolute Gasteiger partial charge is 0.338 e. The summed E-state index contributed by atoms with van der Waals surface area (Å²) in [5.41, 5.74) is 2.91. The predicted molar refractivity (Wildman–Crippen MR) is 178 cm³/mol. The molecule has 5 aromatic rings. The van der Waals surface area contributed by atoms with E-state index in [4.69, 9.17) is 23.9 Å². The topological polar surface area (TPSA) is 88.4 Å². The van der Waals surface area contributed by atoms with Crippen molar-refractivity contribution in [3.05, 3.63) is 150 Å². The molecular formula is C37H31FN2O6S. The number of methoxy groups -OCH3 is 2. The lowest BCUT2D eigenvalue weighted by molar-refractivity contribution is -0.138. The highest BCUT2D eigenvalue weighted by Gasteiger charge is 2.35. The van der Waals surface area contributed by atoms with Crippen LogP contribution in [0.3, 0.4) is 0 Å². The van der Waals surface area contributed by atoms with Crippen LogP contribution in [-0.2, 0) is 16.1 Å². The van der Waals surface area contributed by atoms with Crippen molar-refractivity contribution in [3.8, 4) is 17.2 Å². The van der Waals surface area contributed by atoms with E-state index in [9.17, 15) is 14.0 Å². The van der Waals surface area contributed by atoms with Crippen LogP contribution in [0.25, 0.3) is 11.8 Å². The summed E-state index contributed by atoms with van der Waals surface area (Å²) in [5.74, 6) is 0.589. The maximum atomic E-state index is 14.2. The van der Waals surface area contributed by atoms with Gasteiger partial charge in [-0.1, -0.05) is 78.1 Å². The predicted octanol–water partition coefficient (Wildman–Crippen LogP) is 5.67. The number of rotatable bonds is 10. The number of carbonyl (C=O) groups excluding carboxylic acids is 1. The monoisotopic (exact) mass is 650 g/mol. The first kappa shape index (κ1) is 31.5. The molecule has 4 aromatic carbocycles. The van der Waals surface area contributed by atoms with Crippen LogP contribution in [0.15, 0.2) is 112 Å². The number of ether oxygens (including phenoxy) is 4. The van der Waals surface area contributed by atoms with Crippen LogP contribution in [0.2, 0.25) is 0 Å². The van der Waals surface area contributed by atoms with Crippen molar-refractivity contribution in [1.29, 1.82) is 0 Å². The largest absolute Gasteiger partial charge is 0.497 e. The fourth-order valence-corrected chi connectivity index (χ4v) is 6.36.